The number of rotatable bonds is 3. The van der Waals surface area contributed by atoms with E-state index in [1.54, 1.807) is 19.0 Å². The standard InChI is InChI=1S/C16H29N3O2/c1-12(2)16(7-8-17-11-16)15(21)19-9-5-13(6-10-19)14(20)18(3)4/h12-13,17H,5-11H2,1-4H3. The van der Waals surface area contributed by atoms with E-state index in [9.17, 15) is 9.59 Å². The highest BCUT2D eigenvalue weighted by Crippen LogP contribution is 2.37. The van der Waals surface area contributed by atoms with E-state index in [4.69, 9.17) is 0 Å². The zero-order valence-electron chi connectivity index (χ0n) is 13.8. The Bertz CT molecular complexity index is 392. The minimum atomic E-state index is -0.238. The number of likely N-dealkylation sites (tertiary alicyclic amines) is 1. The third-order valence-corrected chi connectivity index (χ3v) is 5.29. The van der Waals surface area contributed by atoms with E-state index in [1.807, 2.05) is 4.90 Å². The second-order valence-electron chi connectivity index (χ2n) is 7.04. The van der Waals surface area contributed by atoms with E-state index < -0.39 is 0 Å². The molecule has 0 radical (unpaired) electrons. The van der Waals surface area contributed by atoms with Crippen molar-refractivity contribution in [3.63, 3.8) is 0 Å². The highest BCUT2D eigenvalue weighted by Gasteiger charge is 2.46. The lowest BCUT2D eigenvalue weighted by Crippen LogP contribution is -2.51. The van der Waals surface area contributed by atoms with Crippen molar-refractivity contribution in [2.24, 2.45) is 17.3 Å². The van der Waals surface area contributed by atoms with Gasteiger partial charge >= 0.3 is 0 Å². The van der Waals surface area contributed by atoms with Crippen LogP contribution in [-0.4, -0.2) is 61.9 Å². The molecular weight excluding hydrogens is 266 g/mol. The van der Waals surface area contributed by atoms with Gasteiger partial charge in [0.05, 0.1) is 5.41 Å². The van der Waals surface area contributed by atoms with Crippen LogP contribution in [0.4, 0.5) is 0 Å². The molecule has 0 bridgehead atoms. The van der Waals surface area contributed by atoms with Crippen LogP contribution in [0.1, 0.15) is 33.1 Å². The Kier molecular flexibility index (Phi) is 4.91. The van der Waals surface area contributed by atoms with E-state index in [1.165, 1.54) is 0 Å². The second-order valence-corrected chi connectivity index (χ2v) is 7.04. The summed E-state index contributed by atoms with van der Waals surface area (Å²) < 4.78 is 0. The molecule has 0 saturated carbocycles. The fourth-order valence-corrected chi connectivity index (χ4v) is 3.64. The average molecular weight is 295 g/mol. The first-order chi connectivity index (χ1) is 9.88. The minimum Gasteiger partial charge on any atom is -0.349 e. The third kappa shape index (κ3) is 3.07. The van der Waals surface area contributed by atoms with Crippen molar-refractivity contribution >= 4 is 11.8 Å². The smallest absolute Gasteiger partial charge is 0.230 e. The summed E-state index contributed by atoms with van der Waals surface area (Å²) in [6.07, 6.45) is 2.52. The molecule has 120 valence electrons. The van der Waals surface area contributed by atoms with Gasteiger partial charge in [0, 0.05) is 39.6 Å². The monoisotopic (exact) mass is 295 g/mol. The van der Waals surface area contributed by atoms with Crippen molar-refractivity contribution in [2.45, 2.75) is 33.1 Å². The normalized spacial score (nSPS) is 27.2. The van der Waals surface area contributed by atoms with Crippen LogP contribution in [0.5, 0.6) is 0 Å². The van der Waals surface area contributed by atoms with Crippen molar-refractivity contribution < 1.29 is 9.59 Å². The topological polar surface area (TPSA) is 52.7 Å². The van der Waals surface area contributed by atoms with Gasteiger partial charge in [-0.15, -0.1) is 0 Å². The molecule has 2 saturated heterocycles. The van der Waals surface area contributed by atoms with Crippen LogP contribution >= 0.6 is 0 Å². The Morgan fingerprint density at radius 2 is 1.86 bits per heavy atom. The van der Waals surface area contributed by atoms with Gasteiger partial charge in [-0.05, 0) is 31.7 Å². The largest absolute Gasteiger partial charge is 0.349 e. The van der Waals surface area contributed by atoms with Crippen LogP contribution in [0.3, 0.4) is 0 Å². The van der Waals surface area contributed by atoms with Crippen molar-refractivity contribution in [2.75, 3.05) is 40.3 Å². The van der Waals surface area contributed by atoms with E-state index in [0.29, 0.717) is 11.8 Å². The lowest BCUT2D eigenvalue weighted by Gasteiger charge is -2.40. The molecule has 0 aliphatic carbocycles. The molecular formula is C16H29N3O2. The summed E-state index contributed by atoms with van der Waals surface area (Å²) >= 11 is 0. The molecule has 0 aromatic rings. The first-order valence-corrected chi connectivity index (χ1v) is 8.10. The Hall–Kier alpha value is -1.10. The molecule has 2 heterocycles. The van der Waals surface area contributed by atoms with Crippen molar-refractivity contribution in [3.05, 3.63) is 0 Å². The SMILES string of the molecule is CC(C)C1(C(=O)N2CCC(C(=O)N(C)C)CC2)CCNC1. The molecule has 2 aliphatic heterocycles. The molecule has 1 unspecified atom stereocenters. The Morgan fingerprint density at radius 3 is 2.29 bits per heavy atom. The number of hydrogen-bond acceptors (Lipinski definition) is 3. The summed E-state index contributed by atoms with van der Waals surface area (Å²) in [6.45, 7) is 7.45. The van der Waals surface area contributed by atoms with Crippen LogP contribution in [0.15, 0.2) is 0 Å². The predicted molar refractivity (Wildman–Crippen MR) is 82.8 cm³/mol. The fraction of sp³-hybridized carbons (Fsp3) is 0.875. The number of piperidine rings is 1. The Labute approximate surface area is 128 Å². The molecule has 21 heavy (non-hydrogen) atoms. The summed E-state index contributed by atoms with van der Waals surface area (Å²) in [7, 11) is 3.61. The van der Waals surface area contributed by atoms with Gasteiger partial charge in [0.2, 0.25) is 11.8 Å². The number of amides is 2. The van der Waals surface area contributed by atoms with Gasteiger partial charge < -0.3 is 15.1 Å². The molecule has 1 N–H and O–H groups in total. The maximum atomic E-state index is 13.0. The molecule has 5 heteroatoms. The van der Waals surface area contributed by atoms with Crippen molar-refractivity contribution in [3.8, 4) is 0 Å². The van der Waals surface area contributed by atoms with Gasteiger partial charge in [0.25, 0.3) is 0 Å². The molecule has 2 amide bonds. The van der Waals surface area contributed by atoms with Crippen LogP contribution in [0.2, 0.25) is 0 Å². The Balaban J connectivity index is 1.98. The van der Waals surface area contributed by atoms with Crippen LogP contribution < -0.4 is 5.32 Å². The number of nitrogens with zero attached hydrogens (tertiary/aromatic N) is 2. The first kappa shape index (κ1) is 16.3. The van der Waals surface area contributed by atoms with Crippen LogP contribution in [0, 0.1) is 17.3 Å². The Morgan fingerprint density at radius 1 is 1.24 bits per heavy atom. The van der Waals surface area contributed by atoms with Gasteiger partial charge in [-0.25, -0.2) is 0 Å². The molecule has 5 nitrogen and oxygen atoms in total. The van der Waals surface area contributed by atoms with Gasteiger partial charge in [-0.3, -0.25) is 9.59 Å². The molecule has 0 aromatic heterocycles. The fourth-order valence-electron chi connectivity index (χ4n) is 3.64. The highest BCUT2D eigenvalue weighted by atomic mass is 16.2. The first-order valence-electron chi connectivity index (χ1n) is 8.10. The molecule has 2 rings (SSSR count). The summed E-state index contributed by atoms with van der Waals surface area (Å²) in [6, 6.07) is 0. The lowest BCUT2D eigenvalue weighted by molar-refractivity contribution is -0.147. The predicted octanol–water partition coefficient (Wildman–Crippen LogP) is 0.949. The molecule has 0 aromatic carbocycles. The number of hydrogen-bond donors (Lipinski definition) is 1. The van der Waals surface area contributed by atoms with Crippen LogP contribution in [-0.2, 0) is 9.59 Å². The third-order valence-electron chi connectivity index (χ3n) is 5.29. The number of carbonyl (C=O) groups is 2. The second kappa shape index (κ2) is 6.34. The quantitative estimate of drug-likeness (QED) is 0.843. The van der Waals surface area contributed by atoms with Gasteiger partial charge in [-0.1, -0.05) is 13.8 Å². The zero-order chi connectivity index (χ0) is 15.6. The van der Waals surface area contributed by atoms with Crippen LogP contribution in [0.25, 0.3) is 0 Å². The molecule has 0 spiro atoms. The molecule has 2 fully saturated rings. The van der Waals surface area contributed by atoms with E-state index >= 15 is 0 Å². The zero-order valence-corrected chi connectivity index (χ0v) is 13.8. The summed E-state index contributed by atoms with van der Waals surface area (Å²) in [5.41, 5.74) is -0.238. The summed E-state index contributed by atoms with van der Waals surface area (Å²) in [4.78, 5) is 28.6. The average Bonchev–Trinajstić information content (AvgIpc) is 2.96. The van der Waals surface area contributed by atoms with E-state index in [0.717, 1.165) is 45.4 Å². The highest BCUT2D eigenvalue weighted by molar-refractivity contribution is 5.84. The maximum absolute atomic E-state index is 13.0. The van der Waals surface area contributed by atoms with E-state index in [-0.39, 0.29) is 17.2 Å². The van der Waals surface area contributed by atoms with Crippen molar-refractivity contribution in [1.29, 1.82) is 0 Å². The number of carbonyl (C=O) groups excluding carboxylic acids is 2. The minimum absolute atomic E-state index is 0.0840. The lowest BCUT2D eigenvalue weighted by atomic mass is 9.74. The molecule has 2 aliphatic rings. The van der Waals surface area contributed by atoms with Gasteiger partial charge in [-0.2, -0.15) is 0 Å². The van der Waals surface area contributed by atoms with E-state index in [2.05, 4.69) is 19.2 Å². The molecule has 1 atom stereocenters. The van der Waals surface area contributed by atoms with Gasteiger partial charge in [0.15, 0.2) is 0 Å². The summed E-state index contributed by atoms with van der Waals surface area (Å²) in [5, 5.41) is 3.35. The summed E-state index contributed by atoms with van der Waals surface area (Å²) in [5.74, 6) is 0.920. The van der Waals surface area contributed by atoms with Crippen molar-refractivity contribution in [1.82, 2.24) is 15.1 Å². The number of nitrogens with one attached hydrogen (secondary N) is 1. The van der Waals surface area contributed by atoms with Gasteiger partial charge in [0.1, 0.15) is 0 Å². The maximum Gasteiger partial charge on any atom is 0.230 e.